The maximum atomic E-state index is 12.5. The first-order chi connectivity index (χ1) is 12.3. The van der Waals surface area contributed by atoms with Crippen LogP contribution in [0, 0.1) is 5.92 Å². The molecule has 0 saturated carbocycles. The van der Waals surface area contributed by atoms with Gasteiger partial charge < -0.3 is 10.5 Å². The molecule has 0 aliphatic carbocycles. The van der Waals surface area contributed by atoms with Crippen LogP contribution in [0.15, 0.2) is 24.3 Å². The number of nitrogens with two attached hydrogens (primary N) is 1. The number of rotatable bonds is 7. The van der Waals surface area contributed by atoms with Crippen molar-refractivity contribution < 1.29 is 19.1 Å². The second-order valence-electron chi connectivity index (χ2n) is 7.01. The fourth-order valence-corrected chi connectivity index (χ4v) is 3.64. The Morgan fingerprint density at radius 3 is 2.69 bits per heavy atom. The van der Waals surface area contributed by atoms with Crippen LogP contribution in [0.4, 0.5) is 0 Å². The number of esters is 1. The minimum atomic E-state index is -1.09. The largest absolute Gasteiger partial charge is 0.465 e. The number of benzene rings is 1. The number of Topliss-reactive ketones (excluding diaryl/α,β-unsaturated/α-hetero) is 1. The summed E-state index contributed by atoms with van der Waals surface area (Å²) in [7, 11) is 1.32. The molecule has 26 heavy (non-hydrogen) atoms. The van der Waals surface area contributed by atoms with E-state index in [1.165, 1.54) is 7.11 Å². The molecule has 2 unspecified atom stereocenters. The van der Waals surface area contributed by atoms with Crippen LogP contribution >= 0.6 is 0 Å². The maximum Gasteiger partial charge on any atom is 0.337 e. The summed E-state index contributed by atoms with van der Waals surface area (Å²) >= 11 is 0. The summed E-state index contributed by atoms with van der Waals surface area (Å²) in [5.74, 6) is -0.796. The average Bonchev–Trinajstić information content (AvgIpc) is 2.66. The van der Waals surface area contributed by atoms with E-state index < -0.39 is 17.4 Å². The maximum absolute atomic E-state index is 12.5. The number of primary amides is 1. The fourth-order valence-electron chi connectivity index (χ4n) is 3.64. The van der Waals surface area contributed by atoms with Crippen molar-refractivity contribution in [2.45, 2.75) is 45.1 Å². The molecule has 142 valence electrons. The van der Waals surface area contributed by atoms with Crippen molar-refractivity contribution in [2.24, 2.45) is 11.7 Å². The highest BCUT2D eigenvalue weighted by atomic mass is 16.5. The fraction of sp³-hybridized carbons (Fsp3) is 0.550. The second kappa shape index (κ2) is 8.45. The molecule has 1 aliphatic heterocycles. The van der Waals surface area contributed by atoms with Crippen LogP contribution in [-0.2, 0) is 19.9 Å². The van der Waals surface area contributed by atoms with Crippen LogP contribution in [0.5, 0.6) is 0 Å². The van der Waals surface area contributed by atoms with Gasteiger partial charge in [-0.05, 0) is 50.4 Å². The van der Waals surface area contributed by atoms with Gasteiger partial charge in [0.25, 0.3) is 0 Å². The number of piperidine rings is 1. The number of carbonyl (C=O) groups is 3. The van der Waals surface area contributed by atoms with Crippen LogP contribution in [0.1, 0.15) is 55.5 Å². The summed E-state index contributed by atoms with van der Waals surface area (Å²) in [6, 6.07) is 6.79. The van der Waals surface area contributed by atoms with Crippen LogP contribution in [0.3, 0.4) is 0 Å². The van der Waals surface area contributed by atoms with Crippen molar-refractivity contribution in [3.05, 3.63) is 35.4 Å². The Morgan fingerprint density at radius 2 is 2.08 bits per heavy atom. The normalized spacial score (nSPS) is 20.2. The zero-order valence-corrected chi connectivity index (χ0v) is 15.8. The van der Waals surface area contributed by atoms with Crippen LogP contribution < -0.4 is 5.73 Å². The van der Waals surface area contributed by atoms with E-state index in [0.717, 1.165) is 19.3 Å². The first-order valence-corrected chi connectivity index (χ1v) is 9.11. The third-order valence-corrected chi connectivity index (χ3v) is 5.33. The van der Waals surface area contributed by atoms with Gasteiger partial charge in [0, 0.05) is 18.9 Å². The Hall–Kier alpha value is -2.21. The minimum Gasteiger partial charge on any atom is -0.465 e. The van der Waals surface area contributed by atoms with Crippen LogP contribution in [0.2, 0.25) is 0 Å². The summed E-state index contributed by atoms with van der Waals surface area (Å²) < 4.78 is 4.77. The van der Waals surface area contributed by atoms with Gasteiger partial charge >= 0.3 is 5.97 Å². The number of hydrogen-bond donors (Lipinski definition) is 1. The minimum absolute atomic E-state index is 0.0776. The lowest BCUT2D eigenvalue weighted by Crippen LogP contribution is -2.56. The molecule has 1 aromatic rings. The van der Waals surface area contributed by atoms with Crippen molar-refractivity contribution in [1.82, 2.24) is 4.90 Å². The number of ether oxygens (including phenoxy) is 1. The lowest BCUT2D eigenvalue weighted by molar-refractivity contribution is -0.135. The van der Waals surface area contributed by atoms with E-state index in [9.17, 15) is 14.4 Å². The van der Waals surface area contributed by atoms with Crippen molar-refractivity contribution in [1.29, 1.82) is 0 Å². The van der Waals surface area contributed by atoms with Gasteiger partial charge in [0.2, 0.25) is 5.91 Å². The number of hydrogen-bond acceptors (Lipinski definition) is 5. The molecule has 1 amide bonds. The number of amides is 1. The topological polar surface area (TPSA) is 89.7 Å². The quantitative estimate of drug-likeness (QED) is 0.753. The molecule has 6 nitrogen and oxygen atoms in total. The van der Waals surface area contributed by atoms with E-state index in [2.05, 4.69) is 0 Å². The molecule has 1 saturated heterocycles. The van der Waals surface area contributed by atoms with Crippen LogP contribution in [-0.4, -0.2) is 42.8 Å². The van der Waals surface area contributed by atoms with Crippen molar-refractivity contribution in [2.75, 3.05) is 20.2 Å². The Labute approximate surface area is 154 Å². The summed E-state index contributed by atoms with van der Waals surface area (Å²) in [6.45, 7) is 4.93. The molecule has 6 heteroatoms. The van der Waals surface area contributed by atoms with E-state index >= 15 is 0 Å². The average molecular weight is 360 g/mol. The van der Waals surface area contributed by atoms with Gasteiger partial charge in [-0.3, -0.25) is 14.5 Å². The molecule has 1 heterocycles. The van der Waals surface area contributed by atoms with Gasteiger partial charge in [0.05, 0.1) is 12.7 Å². The summed E-state index contributed by atoms with van der Waals surface area (Å²) in [4.78, 5) is 38.6. The number of ketones is 1. The van der Waals surface area contributed by atoms with Crippen molar-refractivity contribution in [3.63, 3.8) is 0 Å². The van der Waals surface area contributed by atoms with Crippen molar-refractivity contribution in [3.8, 4) is 0 Å². The van der Waals surface area contributed by atoms with E-state index in [-0.39, 0.29) is 11.7 Å². The number of methoxy groups -OCH3 is 1. The third-order valence-electron chi connectivity index (χ3n) is 5.33. The molecule has 1 aromatic carbocycles. The number of nitrogens with zero attached hydrogens (tertiary/aromatic N) is 1. The molecular formula is C20H28N2O4. The predicted octanol–water partition coefficient (Wildman–Crippen LogP) is 2.25. The first kappa shape index (κ1) is 20.1. The Morgan fingerprint density at radius 1 is 1.35 bits per heavy atom. The number of likely N-dealkylation sites (tertiary alicyclic amines) is 1. The second-order valence-corrected chi connectivity index (χ2v) is 7.01. The van der Waals surface area contributed by atoms with Gasteiger partial charge in [0.15, 0.2) is 0 Å². The summed E-state index contributed by atoms with van der Waals surface area (Å²) in [6.07, 6.45) is 3.05. The van der Waals surface area contributed by atoms with Crippen molar-refractivity contribution >= 4 is 17.7 Å². The van der Waals surface area contributed by atoms with E-state index in [1.54, 1.807) is 31.2 Å². The zero-order valence-electron chi connectivity index (χ0n) is 15.8. The lowest BCUT2D eigenvalue weighted by Gasteiger charge is -2.43. The number of carbonyl (C=O) groups excluding carboxylic acids is 3. The third kappa shape index (κ3) is 3.96. The van der Waals surface area contributed by atoms with Gasteiger partial charge in [-0.25, -0.2) is 4.79 Å². The molecule has 0 spiro atoms. The Balaban J connectivity index is 2.36. The molecule has 1 fully saturated rings. The predicted molar refractivity (Wildman–Crippen MR) is 98.5 cm³/mol. The first-order valence-electron chi connectivity index (χ1n) is 9.11. The highest BCUT2D eigenvalue weighted by Crippen LogP contribution is 2.33. The smallest absolute Gasteiger partial charge is 0.337 e. The standard InChI is InChI=1S/C20H28N2O4/c1-4-7-17(23)15-9-6-11-22(13-15)20(2,19(21)25)16-10-5-8-14(12-16)18(24)26-3/h5,8,10,12,15H,4,6-7,9,11,13H2,1-3H3,(H2,21,25). The molecule has 0 bridgehead atoms. The highest BCUT2D eigenvalue weighted by Gasteiger charge is 2.42. The molecular weight excluding hydrogens is 332 g/mol. The van der Waals surface area contributed by atoms with Crippen LogP contribution in [0.25, 0.3) is 0 Å². The highest BCUT2D eigenvalue weighted by molar-refractivity contribution is 5.91. The van der Waals surface area contributed by atoms with E-state index in [0.29, 0.717) is 30.6 Å². The lowest BCUT2D eigenvalue weighted by atomic mass is 9.83. The van der Waals surface area contributed by atoms with E-state index in [1.807, 2.05) is 11.8 Å². The molecule has 0 radical (unpaired) electrons. The summed E-state index contributed by atoms with van der Waals surface area (Å²) in [5, 5.41) is 0. The Kier molecular flexibility index (Phi) is 6.53. The van der Waals surface area contributed by atoms with Gasteiger partial charge in [0.1, 0.15) is 11.3 Å². The monoisotopic (exact) mass is 360 g/mol. The van der Waals surface area contributed by atoms with Gasteiger partial charge in [-0.1, -0.05) is 19.1 Å². The van der Waals surface area contributed by atoms with Gasteiger partial charge in [-0.15, -0.1) is 0 Å². The van der Waals surface area contributed by atoms with Gasteiger partial charge in [-0.2, -0.15) is 0 Å². The molecule has 2 rings (SSSR count). The zero-order chi connectivity index (χ0) is 19.3. The Bertz CT molecular complexity index is 688. The molecule has 2 N–H and O–H groups in total. The molecule has 2 atom stereocenters. The molecule has 1 aliphatic rings. The SMILES string of the molecule is CCCC(=O)C1CCCN(C(C)(C(N)=O)c2cccc(C(=O)OC)c2)C1. The van der Waals surface area contributed by atoms with E-state index in [4.69, 9.17) is 10.5 Å². The molecule has 0 aromatic heterocycles. The summed E-state index contributed by atoms with van der Waals surface area (Å²) in [5.41, 5.74) is 5.71.